The summed E-state index contributed by atoms with van der Waals surface area (Å²) >= 11 is 3.11. The summed E-state index contributed by atoms with van der Waals surface area (Å²) in [6.45, 7) is 2.57. The van der Waals surface area contributed by atoms with Gasteiger partial charge in [-0.1, -0.05) is 66.4 Å². The van der Waals surface area contributed by atoms with E-state index in [9.17, 15) is 4.79 Å². The van der Waals surface area contributed by atoms with Crippen LogP contribution in [0.2, 0.25) is 0 Å². The molecule has 2 heterocycles. The van der Waals surface area contributed by atoms with Crippen LogP contribution in [0.1, 0.15) is 6.92 Å². The van der Waals surface area contributed by atoms with Crippen LogP contribution in [-0.4, -0.2) is 29.6 Å². The predicted octanol–water partition coefficient (Wildman–Crippen LogP) is 6.35. The van der Waals surface area contributed by atoms with E-state index in [4.69, 9.17) is 4.99 Å². The smallest absolute Gasteiger partial charge is 0.269 e. The molecular weight excluding hydrogens is 422 g/mol. The predicted molar refractivity (Wildman–Crippen MR) is 132 cm³/mol. The van der Waals surface area contributed by atoms with Gasteiger partial charge in [-0.2, -0.15) is 0 Å². The average molecular weight is 444 g/mol. The van der Waals surface area contributed by atoms with Crippen molar-refractivity contribution in [2.45, 2.75) is 11.8 Å². The van der Waals surface area contributed by atoms with E-state index in [0.717, 1.165) is 32.0 Å². The van der Waals surface area contributed by atoms with E-state index in [0.29, 0.717) is 6.54 Å². The maximum Gasteiger partial charge on any atom is 0.269 e. The first-order valence-electron chi connectivity index (χ1n) is 10.1. The third-order valence-corrected chi connectivity index (χ3v) is 7.74. The number of para-hydroxylation sites is 1. The van der Waals surface area contributed by atoms with Crippen molar-refractivity contribution in [3.8, 4) is 11.1 Å². The molecule has 0 saturated carbocycles. The minimum absolute atomic E-state index is 0.0225. The quantitative estimate of drug-likeness (QED) is 0.442. The van der Waals surface area contributed by atoms with Crippen molar-refractivity contribution in [2.24, 2.45) is 4.99 Å². The number of rotatable bonds is 3. The molecule has 0 radical (unpaired) electrons. The molecular formula is C25H21N3OS2. The average Bonchev–Trinajstić information content (AvgIpc) is 3.31. The second-order valence-corrected chi connectivity index (χ2v) is 9.23. The number of benzene rings is 3. The van der Waals surface area contributed by atoms with Crippen molar-refractivity contribution in [1.29, 1.82) is 0 Å². The number of thioether (sulfide) groups is 2. The molecule has 0 aromatic heterocycles. The number of fused-ring (bicyclic) bond motifs is 1. The first-order valence-corrected chi connectivity index (χ1v) is 11.8. The maximum atomic E-state index is 13.2. The summed E-state index contributed by atoms with van der Waals surface area (Å²) in [5.41, 5.74) is 4.30. The molecule has 0 atom stereocenters. The fourth-order valence-corrected chi connectivity index (χ4v) is 6.07. The molecule has 1 amide bonds. The normalized spacial score (nSPS) is 19.4. The van der Waals surface area contributed by atoms with E-state index in [2.05, 4.69) is 41.3 Å². The van der Waals surface area contributed by atoms with Gasteiger partial charge < -0.3 is 4.90 Å². The van der Waals surface area contributed by atoms with Gasteiger partial charge in [0.15, 0.2) is 5.17 Å². The van der Waals surface area contributed by atoms with E-state index in [-0.39, 0.29) is 5.91 Å². The van der Waals surface area contributed by atoms with E-state index in [1.165, 1.54) is 22.2 Å². The van der Waals surface area contributed by atoms with Crippen molar-refractivity contribution in [3.63, 3.8) is 0 Å². The van der Waals surface area contributed by atoms with E-state index in [1.54, 1.807) is 16.7 Å². The number of anilines is 1. The lowest BCUT2D eigenvalue weighted by Gasteiger charge is -2.15. The third kappa shape index (κ3) is 3.66. The highest BCUT2D eigenvalue weighted by atomic mass is 32.2. The number of amidine groups is 1. The van der Waals surface area contributed by atoms with Crippen LogP contribution >= 0.6 is 23.5 Å². The molecule has 5 rings (SSSR count). The molecule has 3 aromatic carbocycles. The summed E-state index contributed by atoms with van der Waals surface area (Å²) in [4.78, 5) is 23.8. The van der Waals surface area contributed by atoms with E-state index < -0.39 is 0 Å². The molecule has 31 heavy (non-hydrogen) atoms. The van der Waals surface area contributed by atoms with Crippen molar-refractivity contribution in [1.82, 2.24) is 4.90 Å². The molecule has 0 aliphatic carbocycles. The highest BCUT2D eigenvalue weighted by Gasteiger charge is 2.38. The van der Waals surface area contributed by atoms with Crippen molar-refractivity contribution in [2.75, 3.05) is 18.5 Å². The van der Waals surface area contributed by atoms with Gasteiger partial charge in [0.25, 0.3) is 5.91 Å². The molecule has 0 bridgehead atoms. The van der Waals surface area contributed by atoms with Crippen LogP contribution in [0.25, 0.3) is 11.1 Å². The van der Waals surface area contributed by atoms with Crippen molar-refractivity contribution >= 4 is 46.0 Å². The van der Waals surface area contributed by atoms with Gasteiger partial charge >= 0.3 is 0 Å². The summed E-state index contributed by atoms with van der Waals surface area (Å²) in [5.74, 6) is 0.0225. The van der Waals surface area contributed by atoms with Crippen LogP contribution in [0.15, 0.2) is 98.7 Å². The van der Waals surface area contributed by atoms with Gasteiger partial charge in [0.2, 0.25) is 0 Å². The lowest BCUT2D eigenvalue weighted by molar-refractivity contribution is -0.122. The van der Waals surface area contributed by atoms with Crippen LogP contribution in [0.5, 0.6) is 0 Å². The van der Waals surface area contributed by atoms with Crippen LogP contribution in [0.4, 0.5) is 11.4 Å². The van der Waals surface area contributed by atoms with Crippen LogP contribution in [0, 0.1) is 0 Å². The minimum atomic E-state index is 0.0225. The van der Waals surface area contributed by atoms with Crippen LogP contribution in [0.3, 0.4) is 0 Å². The third-order valence-electron chi connectivity index (χ3n) is 5.31. The van der Waals surface area contributed by atoms with Gasteiger partial charge in [0.1, 0.15) is 4.91 Å². The molecule has 4 nitrogen and oxygen atoms in total. The zero-order chi connectivity index (χ0) is 21.4. The fourth-order valence-electron chi connectivity index (χ4n) is 3.67. The van der Waals surface area contributed by atoms with Gasteiger partial charge in [-0.05, 0) is 54.1 Å². The molecule has 2 aliphatic rings. The maximum absolute atomic E-state index is 13.2. The zero-order valence-electron chi connectivity index (χ0n) is 17.3. The summed E-state index contributed by atoms with van der Waals surface area (Å²) in [6, 6.07) is 26.7. The van der Waals surface area contributed by atoms with Gasteiger partial charge in [-0.3, -0.25) is 9.69 Å². The lowest BCUT2D eigenvalue weighted by Crippen LogP contribution is -2.29. The summed E-state index contributed by atoms with van der Waals surface area (Å²) in [5, 5.41) is 1.70. The Morgan fingerprint density at radius 1 is 0.839 bits per heavy atom. The number of amides is 1. The molecule has 3 aromatic rings. The topological polar surface area (TPSA) is 35.9 Å². The number of aliphatic imine (C=N–C) groups is 1. The highest BCUT2D eigenvalue weighted by molar-refractivity contribution is 8.19. The van der Waals surface area contributed by atoms with Crippen LogP contribution in [-0.2, 0) is 4.79 Å². The molecule has 2 aliphatic heterocycles. The number of carbonyl (C=O) groups is 1. The SMILES string of the molecule is CCN1C(=O)/C(=C2/Sc3ccccc3N2C)SC1=Nc1ccc(-c2ccccc2)cc1. The van der Waals surface area contributed by atoms with Gasteiger partial charge in [0, 0.05) is 18.5 Å². The zero-order valence-corrected chi connectivity index (χ0v) is 18.9. The highest BCUT2D eigenvalue weighted by Crippen LogP contribution is 2.49. The number of nitrogens with zero attached hydrogens (tertiary/aromatic N) is 3. The van der Waals surface area contributed by atoms with Gasteiger partial charge in [-0.15, -0.1) is 0 Å². The minimum Gasteiger partial charge on any atom is -0.337 e. The lowest BCUT2D eigenvalue weighted by atomic mass is 10.1. The summed E-state index contributed by atoms with van der Waals surface area (Å²) in [7, 11) is 2.02. The number of hydrogen-bond donors (Lipinski definition) is 0. The largest absolute Gasteiger partial charge is 0.337 e. The number of hydrogen-bond acceptors (Lipinski definition) is 5. The Kier molecular flexibility index (Phi) is 5.34. The number of likely N-dealkylation sites (N-methyl/N-ethyl adjacent to an activating group) is 1. The second kappa shape index (κ2) is 8.29. The Labute approximate surface area is 190 Å². The fraction of sp³-hybridized carbons (Fsp3) is 0.120. The van der Waals surface area contributed by atoms with Gasteiger partial charge in [-0.25, -0.2) is 4.99 Å². The van der Waals surface area contributed by atoms with Crippen molar-refractivity contribution < 1.29 is 4.79 Å². The Bertz CT molecular complexity index is 1200. The molecule has 1 fully saturated rings. The molecule has 0 unspecified atom stereocenters. The Morgan fingerprint density at radius 3 is 2.23 bits per heavy atom. The Hall–Kier alpha value is -2.96. The standard InChI is InChI=1S/C25H21N3OS2/c1-3-28-23(29)22(24-27(2)20-11-7-8-12-21(20)30-24)31-25(28)26-19-15-13-18(14-16-19)17-9-5-4-6-10-17/h4-16H,3H2,1-2H3/b24-22-,26-25?. The van der Waals surface area contributed by atoms with Crippen LogP contribution < -0.4 is 4.90 Å². The second-order valence-electron chi connectivity index (χ2n) is 7.22. The monoisotopic (exact) mass is 443 g/mol. The van der Waals surface area contributed by atoms with E-state index >= 15 is 0 Å². The number of carbonyl (C=O) groups excluding carboxylic acids is 1. The van der Waals surface area contributed by atoms with Gasteiger partial charge in [0.05, 0.1) is 16.4 Å². The molecule has 0 spiro atoms. The first kappa shape index (κ1) is 20.0. The summed E-state index contributed by atoms with van der Waals surface area (Å²) in [6.07, 6.45) is 0. The summed E-state index contributed by atoms with van der Waals surface area (Å²) < 4.78 is 0. The molecule has 1 saturated heterocycles. The first-order chi connectivity index (χ1) is 15.2. The Balaban J connectivity index is 1.45. The molecule has 0 N–H and O–H groups in total. The van der Waals surface area contributed by atoms with Crippen molar-refractivity contribution in [3.05, 3.63) is 88.8 Å². The molecule has 6 heteroatoms. The van der Waals surface area contributed by atoms with E-state index in [1.807, 2.05) is 56.4 Å². The Morgan fingerprint density at radius 2 is 1.52 bits per heavy atom. The molecule has 154 valence electrons.